The molecule has 0 saturated carbocycles. The topological polar surface area (TPSA) is 55.6 Å². The number of nitrogens with zero attached hydrogens (tertiary/aromatic N) is 4. The molecule has 5 heteroatoms. The summed E-state index contributed by atoms with van der Waals surface area (Å²) < 4.78 is 1.89. The second-order valence-electron chi connectivity index (χ2n) is 6.84. The van der Waals surface area contributed by atoms with Crippen LogP contribution in [0.2, 0.25) is 0 Å². The standard InChI is InChI=1S/C19H23N5/c1-19(2,3)24-14-17(22-23-24)13-21-18(15-8-5-4-6-9-15)16-10-7-11-20-12-16/h4-12,14,18,21H,13H2,1-3H3/t18-/m0/s1. The molecule has 1 atom stereocenters. The van der Waals surface area contributed by atoms with E-state index in [1.165, 1.54) is 5.56 Å². The molecule has 0 bridgehead atoms. The van der Waals surface area contributed by atoms with E-state index in [1.54, 1.807) is 6.20 Å². The molecule has 0 aliphatic heterocycles. The largest absolute Gasteiger partial charge is 0.300 e. The van der Waals surface area contributed by atoms with Crippen LogP contribution in [0.1, 0.15) is 43.6 Å². The second kappa shape index (κ2) is 6.93. The number of hydrogen-bond acceptors (Lipinski definition) is 4. The molecule has 124 valence electrons. The maximum atomic E-state index is 4.28. The predicted molar refractivity (Wildman–Crippen MR) is 94.4 cm³/mol. The lowest BCUT2D eigenvalue weighted by molar-refractivity contribution is 0.347. The third-order valence-corrected chi connectivity index (χ3v) is 3.87. The Hall–Kier alpha value is -2.53. The fourth-order valence-corrected chi connectivity index (χ4v) is 2.53. The molecule has 3 rings (SSSR count). The first-order valence-corrected chi connectivity index (χ1v) is 8.14. The lowest BCUT2D eigenvalue weighted by atomic mass is 10.0. The van der Waals surface area contributed by atoms with E-state index >= 15 is 0 Å². The van der Waals surface area contributed by atoms with Crippen LogP contribution in [0.5, 0.6) is 0 Å². The van der Waals surface area contributed by atoms with Crippen molar-refractivity contribution in [3.8, 4) is 0 Å². The summed E-state index contributed by atoms with van der Waals surface area (Å²) in [5, 5.41) is 12.1. The number of rotatable bonds is 5. The van der Waals surface area contributed by atoms with Crippen molar-refractivity contribution >= 4 is 0 Å². The van der Waals surface area contributed by atoms with Gasteiger partial charge in [0.25, 0.3) is 0 Å². The fourth-order valence-electron chi connectivity index (χ4n) is 2.53. The van der Waals surface area contributed by atoms with E-state index in [0.717, 1.165) is 11.3 Å². The average Bonchev–Trinajstić information content (AvgIpc) is 3.06. The van der Waals surface area contributed by atoms with E-state index < -0.39 is 0 Å². The minimum atomic E-state index is -0.0621. The lowest BCUT2D eigenvalue weighted by Crippen LogP contribution is -2.23. The minimum absolute atomic E-state index is 0.0621. The number of hydrogen-bond donors (Lipinski definition) is 1. The van der Waals surface area contributed by atoms with Crippen LogP contribution in [0.25, 0.3) is 0 Å². The zero-order chi connectivity index (χ0) is 17.0. The van der Waals surface area contributed by atoms with Gasteiger partial charge in [0, 0.05) is 18.9 Å². The molecule has 0 aliphatic rings. The summed E-state index contributed by atoms with van der Waals surface area (Å²) >= 11 is 0. The van der Waals surface area contributed by atoms with E-state index in [-0.39, 0.29) is 11.6 Å². The van der Waals surface area contributed by atoms with E-state index in [2.05, 4.69) is 71.7 Å². The zero-order valence-corrected chi connectivity index (χ0v) is 14.3. The van der Waals surface area contributed by atoms with Crippen molar-refractivity contribution in [3.05, 3.63) is 77.9 Å². The van der Waals surface area contributed by atoms with Gasteiger partial charge in [-0.05, 0) is 38.0 Å². The molecular weight excluding hydrogens is 298 g/mol. The Morgan fingerprint density at radius 1 is 1.04 bits per heavy atom. The molecule has 0 amide bonds. The van der Waals surface area contributed by atoms with Gasteiger partial charge in [-0.15, -0.1) is 5.10 Å². The highest BCUT2D eigenvalue weighted by atomic mass is 15.4. The maximum absolute atomic E-state index is 4.28. The van der Waals surface area contributed by atoms with Crippen LogP contribution in [-0.4, -0.2) is 20.0 Å². The van der Waals surface area contributed by atoms with Crippen LogP contribution in [0, 0.1) is 0 Å². The molecule has 0 fully saturated rings. The highest BCUT2D eigenvalue weighted by Gasteiger charge is 2.17. The summed E-state index contributed by atoms with van der Waals surface area (Å²) in [5.41, 5.74) is 3.20. The van der Waals surface area contributed by atoms with E-state index in [0.29, 0.717) is 6.54 Å². The Labute approximate surface area is 142 Å². The molecule has 1 N–H and O–H groups in total. The van der Waals surface area contributed by atoms with Crippen LogP contribution >= 0.6 is 0 Å². The Kier molecular flexibility index (Phi) is 4.71. The maximum Gasteiger partial charge on any atom is 0.0965 e. The molecule has 0 radical (unpaired) electrons. The monoisotopic (exact) mass is 321 g/mol. The molecular formula is C19H23N5. The zero-order valence-electron chi connectivity index (χ0n) is 14.3. The van der Waals surface area contributed by atoms with Crippen molar-refractivity contribution in [2.45, 2.75) is 38.9 Å². The lowest BCUT2D eigenvalue weighted by Gasteiger charge is -2.19. The Bertz CT molecular complexity index is 720. The summed E-state index contributed by atoms with van der Waals surface area (Å²) in [6.07, 6.45) is 5.69. The first-order valence-electron chi connectivity index (χ1n) is 8.14. The number of benzene rings is 1. The summed E-state index contributed by atoms with van der Waals surface area (Å²) in [6, 6.07) is 14.5. The van der Waals surface area contributed by atoms with Crippen molar-refractivity contribution in [2.75, 3.05) is 0 Å². The van der Waals surface area contributed by atoms with E-state index in [9.17, 15) is 0 Å². The van der Waals surface area contributed by atoms with Gasteiger partial charge in [-0.2, -0.15) is 0 Å². The number of nitrogens with one attached hydrogen (secondary N) is 1. The van der Waals surface area contributed by atoms with Gasteiger partial charge in [-0.1, -0.05) is 41.6 Å². The Morgan fingerprint density at radius 2 is 1.79 bits per heavy atom. The highest BCUT2D eigenvalue weighted by Crippen LogP contribution is 2.21. The van der Waals surface area contributed by atoms with Gasteiger partial charge in [0.15, 0.2) is 0 Å². The summed E-state index contributed by atoms with van der Waals surface area (Å²) in [7, 11) is 0. The van der Waals surface area contributed by atoms with Crippen LogP contribution in [-0.2, 0) is 12.1 Å². The van der Waals surface area contributed by atoms with Gasteiger partial charge < -0.3 is 5.32 Å². The Morgan fingerprint density at radius 3 is 2.42 bits per heavy atom. The van der Waals surface area contributed by atoms with Gasteiger partial charge in [0.1, 0.15) is 0 Å². The second-order valence-corrected chi connectivity index (χ2v) is 6.84. The van der Waals surface area contributed by atoms with Crippen LogP contribution < -0.4 is 5.32 Å². The normalized spacial score (nSPS) is 13.0. The van der Waals surface area contributed by atoms with Gasteiger partial charge in [0.05, 0.1) is 23.5 Å². The molecule has 0 spiro atoms. The third-order valence-electron chi connectivity index (χ3n) is 3.87. The molecule has 3 aromatic rings. The third kappa shape index (κ3) is 3.86. The molecule has 0 saturated heterocycles. The number of pyridine rings is 1. The highest BCUT2D eigenvalue weighted by molar-refractivity contribution is 5.29. The van der Waals surface area contributed by atoms with E-state index in [4.69, 9.17) is 0 Å². The molecule has 0 aliphatic carbocycles. The fraction of sp³-hybridized carbons (Fsp3) is 0.316. The molecule has 2 heterocycles. The van der Waals surface area contributed by atoms with Crippen molar-refractivity contribution in [1.82, 2.24) is 25.3 Å². The van der Waals surface area contributed by atoms with Crippen molar-refractivity contribution in [1.29, 1.82) is 0 Å². The first kappa shape index (κ1) is 16.3. The van der Waals surface area contributed by atoms with Crippen LogP contribution in [0.3, 0.4) is 0 Å². The van der Waals surface area contributed by atoms with E-state index in [1.807, 2.05) is 29.2 Å². The first-order chi connectivity index (χ1) is 11.5. The quantitative estimate of drug-likeness (QED) is 0.783. The molecule has 5 nitrogen and oxygen atoms in total. The summed E-state index contributed by atoms with van der Waals surface area (Å²) in [4.78, 5) is 4.25. The van der Waals surface area contributed by atoms with Crippen molar-refractivity contribution in [3.63, 3.8) is 0 Å². The average molecular weight is 321 g/mol. The van der Waals surface area contributed by atoms with Crippen LogP contribution in [0.15, 0.2) is 61.1 Å². The van der Waals surface area contributed by atoms with Gasteiger partial charge in [-0.25, -0.2) is 4.68 Å². The minimum Gasteiger partial charge on any atom is -0.300 e. The molecule has 1 aromatic carbocycles. The SMILES string of the molecule is CC(C)(C)n1cc(CN[C@@H](c2ccccc2)c2cccnc2)nn1. The summed E-state index contributed by atoms with van der Waals surface area (Å²) in [5.74, 6) is 0. The molecule has 0 unspecified atom stereocenters. The molecule has 2 aromatic heterocycles. The van der Waals surface area contributed by atoms with Gasteiger partial charge in [-0.3, -0.25) is 4.98 Å². The Balaban J connectivity index is 1.79. The number of aromatic nitrogens is 4. The summed E-state index contributed by atoms with van der Waals surface area (Å²) in [6.45, 7) is 6.98. The van der Waals surface area contributed by atoms with Gasteiger partial charge in [0.2, 0.25) is 0 Å². The van der Waals surface area contributed by atoms with Gasteiger partial charge >= 0.3 is 0 Å². The smallest absolute Gasteiger partial charge is 0.0965 e. The van der Waals surface area contributed by atoms with Crippen molar-refractivity contribution in [2.24, 2.45) is 0 Å². The molecule has 24 heavy (non-hydrogen) atoms. The van der Waals surface area contributed by atoms with Crippen LogP contribution in [0.4, 0.5) is 0 Å². The predicted octanol–water partition coefficient (Wildman–Crippen LogP) is 3.31. The van der Waals surface area contributed by atoms with Crippen molar-refractivity contribution < 1.29 is 0 Å².